The van der Waals surface area contributed by atoms with Gasteiger partial charge >= 0.3 is 0 Å². The van der Waals surface area contributed by atoms with Crippen molar-refractivity contribution < 1.29 is 14.3 Å². The number of rotatable bonds is 5. The number of fused-ring (bicyclic) bond motifs is 1. The van der Waals surface area contributed by atoms with E-state index in [9.17, 15) is 14.9 Å². The van der Waals surface area contributed by atoms with Gasteiger partial charge in [-0.05, 0) is 81.7 Å². The van der Waals surface area contributed by atoms with E-state index in [0.29, 0.717) is 28.5 Å². The van der Waals surface area contributed by atoms with Crippen LogP contribution in [0, 0.1) is 24.2 Å². The van der Waals surface area contributed by atoms with E-state index in [1.165, 1.54) is 12.7 Å². The highest BCUT2D eigenvalue weighted by atomic mass is 16.5. The van der Waals surface area contributed by atoms with Crippen molar-refractivity contribution in [1.82, 2.24) is 14.5 Å². The van der Waals surface area contributed by atoms with Crippen molar-refractivity contribution in [3.8, 4) is 11.8 Å². The molecule has 2 aliphatic rings. The summed E-state index contributed by atoms with van der Waals surface area (Å²) < 4.78 is 7.31. The van der Waals surface area contributed by atoms with Crippen molar-refractivity contribution in [1.29, 1.82) is 5.26 Å². The van der Waals surface area contributed by atoms with Gasteiger partial charge in [-0.2, -0.15) is 5.26 Å². The fourth-order valence-electron chi connectivity index (χ4n) is 6.55. The number of amides is 2. The van der Waals surface area contributed by atoms with E-state index in [2.05, 4.69) is 36.3 Å². The van der Waals surface area contributed by atoms with Gasteiger partial charge in [-0.25, -0.2) is 4.98 Å². The molecule has 2 fully saturated rings. The van der Waals surface area contributed by atoms with Crippen LogP contribution in [0.25, 0.3) is 11.0 Å². The number of nitriles is 1. The van der Waals surface area contributed by atoms with Gasteiger partial charge in [-0.1, -0.05) is 12.8 Å². The van der Waals surface area contributed by atoms with Gasteiger partial charge in [0, 0.05) is 42.2 Å². The number of anilines is 1. The van der Waals surface area contributed by atoms with Crippen LogP contribution in [0.4, 0.5) is 5.69 Å². The Balaban J connectivity index is 1.43. The van der Waals surface area contributed by atoms with Gasteiger partial charge in [0.15, 0.2) is 0 Å². The molecule has 0 spiro atoms. The lowest BCUT2D eigenvalue weighted by atomic mass is 9.78. The molecule has 1 saturated carbocycles. The minimum atomic E-state index is -0.327. The molecule has 2 amide bonds. The van der Waals surface area contributed by atoms with E-state index in [1.54, 1.807) is 24.4 Å². The topological polar surface area (TPSA) is 100 Å². The quantitative estimate of drug-likeness (QED) is 0.460. The van der Waals surface area contributed by atoms with Crippen LogP contribution in [0.1, 0.15) is 85.3 Å². The lowest BCUT2D eigenvalue weighted by Gasteiger charge is -2.46. The third kappa shape index (κ3) is 4.98. The predicted octanol–water partition coefficient (Wildman–Crippen LogP) is 5.69. The van der Waals surface area contributed by atoms with Crippen molar-refractivity contribution in [2.45, 2.75) is 70.8 Å². The Morgan fingerprint density at radius 2 is 1.92 bits per heavy atom. The average Bonchev–Trinajstić information content (AvgIpc) is 3.58. The van der Waals surface area contributed by atoms with Crippen molar-refractivity contribution in [3.05, 3.63) is 52.8 Å². The van der Waals surface area contributed by atoms with Gasteiger partial charge in [0.05, 0.1) is 30.6 Å². The van der Waals surface area contributed by atoms with Gasteiger partial charge in [0.25, 0.3) is 5.91 Å². The number of nitrogens with one attached hydrogen (secondary N) is 1. The molecular formula is C31H37N5O3. The van der Waals surface area contributed by atoms with E-state index in [4.69, 9.17) is 9.72 Å². The van der Waals surface area contributed by atoms with Gasteiger partial charge in [-0.15, -0.1) is 0 Å². The van der Waals surface area contributed by atoms with Crippen molar-refractivity contribution in [2.24, 2.45) is 13.0 Å². The van der Waals surface area contributed by atoms with Crippen LogP contribution in [-0.4, -0.2) is 45.5 Å². The minimum Gasteiger partial charge on any atom is -0.497 e. The van der Waals surface area contributed by atoms with Crippen LogP contribution < -0.4 is 10.1 Å². The number of likely N-dealkylation sites (tertiary alicyclic amines) is 1. The van der Waals surface area contributed by atoms with Crippen LogP contribution in [0.3, 0.4) is 0 Å². The summed E-state index contributed by atoms with van der Waals surface area (Å²) in [7, 11) is 3.51. The molecule has 204 valence electrons. The molecule has 1 aliphatic carbocycles. The van der Waals surface area contributed by atoms with Crippen molar-refractivity contribution in [3.63, 3.8) is 0 Å². The second-order valence-electron chi connectivity index (χ2n) is 11.7. The predicted molar refractivity (Wildman–Crippen MR) is 151 cm³/mol. The third-order valence-corrected chi connectivity index (χ3v) is 8.64. The van der Waals surface area contributed by atoms with E-state index in [0.717, 1.165) is 61.7 Å². The molecule has 1 unspecified atom stereocenters. The monoisotopic (exact) mass is 527 g/mol. The number of nitrogens with zero attached hydrogens (tertiary/aromatic N) is 4. The summed E-state index contributed by atoms with van der Waals surface area (Å²) in [4.78, 5) is 33.3. The number of aryl methyl sites for hydroxylation is 2. The second kappa shape index (κ2) is 10.4. The number of ether oxygens (including phenoxy) is 1. The number of carbonyl (C=O) groups is 2. The van der Waals surface area contributed by atoms with Crippen LogP contribution in [0.2, 0.25) is 0 Å². The minimum absolute atomic E-state index is 0.185. The van der Waals surface area contributed by atoms with Gasteiger partial charge < -0.3 is 19.5 Å². The number of hydrogen-bond acceptors (Lipinski definition) is 5. The van der Waals surface area contributed by atoms with E-state index in [-0.39, 0.29) is 23.3 Å². The van der Waals surface area contributed by atoms with E-state index >= 15 is 0 Å². The Kier molecular flexibility index (Phi) is 7.11. The lowest BCUT2D eigenvalue weighted by Crippen LogP contribution is -2.53. The fourth-order valence-corrected chi connectivity index (χ4v) is 6.55. The van der Waals surface area contributed by atoms with Gasteiger partial charge in [0.2, 0.25) is 5.91 Å². The number of methoxy groups -OCH3 is 1. The molecule has 3 aromatic rings. The molecule has 0 bridgehead atoms. The largest absolute Gasteiger partial charge is 0.497 e. The van der Waals surface area contributed by atoms with Gasteiger partial charge in [0.1, 0.15) is 11.4 Å². The number of benzene rings is 1. The molecule has 1 saturated heterocycles. The number of carbonyl (C=O) groups excluding carboxylic acids is 2. The molecule has 1 aromatic carbocycles. The molecule has 8 heteroatoms. The van der Waals surface area contributed by atoms with Crippen molar-refractivity contribution in [2.75, 3.05) is 19.0 Å². The Hall–Kier alpha value is -3.86. The SMILES string of the molecule is COc1cc(C#N)cc(C(=O)Nc2cnc3c(c(C4CCN(C(=O)C5CCCC5)C(C)(C)C4)cn3C)c2C)c1. The Morgan fingerprint density at radius 3 is 2.59 bits per heavy atom. The van der Waals surface area contributed by atoms with E-state index < -0.39 is 0 Å². The maximum Gasteiger partial charge on any atom is 0.255 e. The summed E-state index contributed by atoms with van der Waals surface area (Å²) in [5, 5.41) is 13.4. The van der Waals surface area contributed by atoms with Crippen LogP contribution in [0.15, 0.2) is 30.6 Å². The zero-order valence-electron chi connectivity index (χ0n) is 23.5. The Labute approximate surface area is 230 Å². The maximum absolute atomic E-state index is 13.3. The Bertz CT molecular complexity index is 1480. The zero-order valence-corrected chi connectivity index (χ0v) is 23.5. The smallest absolute Gasteiger partial charge is 0.255 e. The summed E-state index contributed by atoms with van der Waals surface area (Å²) in [6.45, 7) is 7.15. The Morgan fingerprint density at radius 1 is 1.18 bits per heavy atom. The van der Waals surface area contributed by atoms with Gasteiger partial charge in [-0.3, -0.25) is 9.59 Å². The van der Waals surface area contributed by atoms with Crippen LogP contribution in [0.5, 0.6) is 5.75 Å². The molecule has 39 heavy (non-hydrogen) atoms. The highest BCUT2D eigenvalue weighted by molar-refractivity contribution is 6.06. The summed E-state index contributed by atoms with van der Waals surface area (Å²) >= 11 is 0. The fraction of sp³-hybridized carbons (Fsp3) is 0.484. The first-order chi connectivity index (χ1) is 18.6. The first-order valence-corrected chi connectivity index (χ1v) is 13.8. The molecule has 0 radical (unpaired) electrons. The normalized spacial score (nSPS) is 19.2. The first-order valence-electron chi connectivity index (χ1n) is 13.8. The number of piperidine rings is 1. The van der Waals surface area contributed by atoms with E-state index in [1.807, 2.05) is 18.5 Å². The highest BCUT2D eigenvalue weighted by Crippen LogP contribution is 2.43. The molecule has 1 N–H and O–H groups in total. The first kappa shape index (κ1) is 26.7. The number of hydrogen-bond donors (Lipinski definition) is 1. The summed E-state index contributed by atoms with van der Waals surface area (Å²) in [5.41, 5.74) is 4.14. The molecule has 8 nitrogen and oxygen atoms in total. The number of aromatic nitrogens is 2. The number of pyridine rings is 1. The highest BCUT2D eigenvalue weighted by Gasteiger charge is 2.41. The second-order valence-corrected chi connectivity index (χ2v) is 11.7. The average molecular weight is 528 g/mol. The zero-order chi connectivity index (χ0) is 27.9. The lowest BCUT2D eigenvalue weighted by molar-refractivity contribution is -0.143. The maximum atomic E-state index is 13.3. The summed E-state index contributed by atoms with van der Waals surface area (Å²) in [6, 6.07) is 6.84. The van der Waals surface area contributed by atoms with Crippen LogP contribution >= 0.6 is 0 Å². The summed E-state index contributed by atoms with van der Waals surface area (Å²) in [6.07, 6.45) is 9.98. The molecule has 2 aromatic heterocycles. The molecule has 1 atom stereocenters. The molecule has 1 aliphatic heterocycles. The molecule has 3 heterocycles. The third-order valence-electron chi connectivity index (χ3n) is 8.64. The van der Waals surface area contributed by atoms with Crippen molar-refractivity contribution >= 4 is 28.5 Å². The molecular weight excluding hydrogens is 490 g/mol. The standard InChI is InChI=1S/C31H37N5O3/c1-19-26(34-29(37)23-12-20(16-32)13-24(14-23)39-5)17-33-28-27(19)25(18-35(28)4)22-10-11-36(31(2,3)15-22)30(38)21-8-6-7-9-21/h12-14,17-18,21-22H,6-11,15H2,1-5H3,(H,34,37). The molecule has 5 rings (SSSR count). The van der Waals surface area contributed by atoms with Crippen LogP contribution in [-0.2, 0) is 11.8 Å². The summed E-state index contributed by atoms with van der Waals surface area (Å²) in [5.74, 6) is 0.917.